The van der Waals surface area contributed by atoms with Crippen molar-refractivity contribution >= 4 is 50.8 Å². The Bertz CT molecular complexity index is 1190. The second-order valence-corrected chi connectivity index (χ2v) is 7.87. The van der Waals surface area contributed by atoms with Gasteiger partial charge in [0.25, 0.3) is 10.0 Å². The van der Waals surface area contributed by atoms with Crippen LogP contribution in [0.25, 0.3) is 0 Å². The molecule has 0 saturated carbocycles. The highest BCUT2D eigenvalue weighted by Gasteiger charge is 2.30. The van der Waals surface area contributed by atoms with Gasteiger partial charge in [-0.2, -0.15) is 23.8 Å². The molecule has 0 unspecified atom stereocenters. The van der Waals surface area contributed by atoms with Gasteiger partial charge in [-0.3, -0.25) is 4.68 Å². The molecule has 13 heteroatoms. The van der Waals surface area contributed by atoms with Crippen molar-refractivity contribution < 1.29 is 8.42 Å². The summed E-state index contributed by atoms with van der Waals surface area (Å²) < 4.78 is 27.5. The Morgan fingerprint density at radius 2 is 2.00 bits per heavy atom. The predicted molar refractivity (Wildman–Crippen MR) is 99.4 cm³/mol. The molecule has 0 aliphatic heterocycles. The van der Waals surface area contributed by atoms with Crippen molar-refractivity contribution in [2.45, 2.75) is 11.8 Å². The molecule has 0 aliphatic carbocycles. The van der Waals surface area contributed by atoms with E-state index in [-0.39, 0.29) is 32.7 Å². The highest BCUT2D eigenvalue weighted by atomic mass is 35.5. The van der Waals surface area contributed by atoms with Crippen LogP contribution in [0.1, 0.15) is 11.3 Å². The Hall–Kier alpha value is -2.81. The first-order valence-electron chi connectivity index (χ1n) is 7.29. The molecule has 0 fully saturated rings. The molecule has 0 bridgehead atoms. The van der Waals surface area contributed by atoms with Crippen LogP contribution >= 0.6 is 23.2 Å². The fraction of sp³-hybridized carbons (Fsp3) is 0.143. The van der Waals surface area contributed by atoms with E-state index in [1.807, 2.05) is 6.07 Å². The van der Waals surface area contributed by atoms with E-state index in [1.165, 1.54) is 30.8 Å². The molecule has 3 N–H and O–H groups in total. The zero-order valence-electron chi connectivity index (χ0n) is 14.0. The summed E-state index contributed by atoms with van der Waals surface area (Å²) in [6, 6.07) is 6.48. The number of nitriles is 1. The first kappa shape index (κ1) is 19.0. The van der Waals surface area contributed by atoms with Crippen LogP contribution < -0.4 is 11.1 Å². The van der Waals surface area contributed by atoms with Crippen molar-refractivity contribution in [2.24, 2.45) is 7.05 Å². The molecule has 27 heavy (non-hydrogen) atoms. The summed E-state index contributed by atoms with van der Waals surface area (Å²) in [6.45, 7) is 1.50. The quantitative estimate of drug-likeness (QED) is 0.644. The Morgan fingerprint density at radius 1 is 1.30 bits per heavy atom. The summed E-state index contributed by atoms with van der Waals surface area (Å²) in [5.74, 6) is -0.439. The number of benzene rings is 1. The number of nitrogen functional groups attached to an aromatic ring is 1. The first-order chi connectivity index (χ1) is 12.6. The van der Waals surface area contributed by atoms with Crippen molar-refractivity contribution in [2.75, 3.05) is 11.1 Å². The molecule has 0 amide bonds. The molecule has 2 heterocycles. The molecule has 0 aliphatic rings. The van der Waals surface area contributed by atoms with Crippen LogP contribution in [0.5, 0.6) is 0 Å². The maximum Gasteiger partial charge on any atom is 0.291 e. The van der Waals surface area contributed by atoms with Crippen LogP contribution in [0.2, 0.25) is 10.2 Å². The van der Waals surface area contributed by atoms with Crippen LogP contribution in [0.15, 0.2) is 23.1 Å². The lowest BCUT2D eigenvalue weighted by atomic mass is 10.2. The Labute approximate surface area is 164 Å². The summed E-state index contributed by atoms with van der Waals surface area (Å²) in [6.07, 6.45) is 0. The molecule has 2 aromatic heterocycles. The minimum absolute atomic E-state index is 0.0733. The molecule has 0 atom stereocenters. The standard InChI is InChI=1S/C14H12Cl2N8O2S/c1-7-11(12(16)23(2)21-7)27(25,26)24-13(18)20-14(22-24)19-9-4-3-8(6-17)10(15)5-9/h3-5H,1-2H3,(H3,18,19,20,22). The molecule has 10 nitrogen and oxygen atoms in total. The lowest BCUT2D eigenvalue weighted by molar-refractivity contribution is 0.580. The minimum Gasteiger partial charge on any atom is -0.367 e. The predicted octanol–water partition coefficient (Wildman–Crippen LogP) is 2.06. The van der Waals surface area contributed by atoms with Gasteiger partial charge in [-0.1, -0.05) is 23.2 Å². The number of aryl methyl sites for hydroxylation is 2. The maximum absolute atomic E-state index is 12.9. The number of halogens is 2. The van der Waals surface area contributed by atoms with E-state index in [4.69, 9.17) is 34.2 Å². The van der Waals surface area contributed by atoms with Crippen LogP contribution in [-0.4, -0.2) is 32.4 Å². The van der Waals surface area contributed by atoms with Crippen LogP contribution in [-0.2, 0) is 17.1 Å². The van der Waals surface area contributed by atoms with Gasteiger partial charge in [0.2, 0.25) is 11.9 Å². The highest BCUT2D eigenvalue weighted by molar-refractivity contribution is 7.90. The minimum atomic E-state index is -4.21. The maximum atomic E-state index is 12.9. The molecular formula is C14H12Cl2N8O2S. The van der Waals surface area contributed by atoms with E-state index >= 15 is 0 Å². The Kier molecular flexibility index (Phi) is 4.73. The van der Waals surface area contributed by atoms with Crippen molar-refractivity contribution in [3.63, 3.8) is 0 Å². The molecule has 140 valence electrons. The zero-order valence-corrected chi connectivity index (χ0v) is 16.3. The van der Waals surface area contributed by atoms with Crippen LogP contribution in [0.3, 0.4) is 0 Å². The SMILES string of the molecule is Cc1nn(C)c(Cl)c1S(=O)(=O)n1nc(Nc2ccc(C#N)c(Cl)c2)nc1N. The molecule has 0 saturated heterocycles. The van der Waals surface area contributed by atoms with E-state index in [2.05, 4.69) is 20.5 Å². The fourth-order valence-corrected chi connectivity index (χ4v) is 4.44. The summed E-state index contributed by atoms with van der Waals surface area (Å²) in [4.78, 5) is 3.69. The summed E-state index contributed by atoms with van der Waals surface area (Å²) >= 11 is 12.0. The Morgan fingerprint density at radius 3 is 2.56 bits per heavy atom. The smallest absolute Gasteiger partial charge is 0.291 e. The van der Waals surface area contributed by atoms with E-state index in [9.17, 15) is 8.42 Å². The van der Waals surface area contributed by atoms with E-state index < -0.39 is 10.0 Å². The van der Waals surface area contributed by atoms with Gasteiger partial charge >= 0.3 is 0 Å². The van der Waals surface area contributed by atoms with Gasteiger partial charge in [0.1, 0.15) is 16.1 Å². The average molecular weight is 427 g/mol. The fourth-order valence-electron chi connectivity index (χ4n) is 2.34. The van der Waals surface area contributed by atoms with Gasteiger partial charge < -0.3 is 11.1 Å². The molecule has 3 rings (SSSR count). The Balaban J connectivity index is 1.99. The molecule has 1 aromatic carbocycles. The number of nitrogens with zero attached hydrogens (tertiary/aromatic N) is 6. The lowest BCUT2D eigenvalue weighted by Gasteiger charge is -2.05. The number of aromatic nitrogens is 5. The third-order valence-electron chi connectivity index (χ3n) is 3.53. The second kappa shape index (κ2) is 6.73. The van der Waals surface area contributed by atoms with E-state index in [0.29, 0.717) is 15.3 Å². The number of rotatable bonds is 4. The number of nitrogens with two attached hydrogens (primary N) is 1. The van der Waals surface area contributed by atoms with Crippen molar-refractivity contribution in [1.82, 2.24) is 24.0 Å². The summed E-state index contributed by atoms with van der Waals surface area (Å²) in [5, 5.41) is 19.7. The number of anilines is 3. The van der Waals surface area contributed by atoms with Crippen LogP contribution in [0, 0.1) is 18.3 Å². The summed E-state index contributed by atoms with van der Waals surface area (Å²) in [5.41, 5.74) is 6.68. The van der Waals surface area contributed by atoms with Crippen molar-refractivity contribution in [3.05, 3.63) is 39.6 Å². The van der Waals surface area contributed by atoms with E-state index in [0.717, 1.165) is 0 Å². The van der Waals surface area contributed by atoms with Crippen molar-refractivity contribution in [3.8, 4) is 6.07 Å². The lowest BCUT2D eigenvalue weighted by Crippen LogP contribution is -2.18. The number of hydrogen-bond donors (Lipinski definition) is 2. The first-order valence-corrected chi connectivity index (χ1v) is 9.48. The van der Waals surface area contributed by atoms with Gasteiger partial charge in [0.15, 0.2) is 0 Å². The molecule has 0 radical (unpaired) electrons. The van der Waals surface area contributed by atoms with Gasteiger partial charge in [-0.15, -0.1) is 9.19 Å². The average Bonchev–Trinajstić information content (AvgIpc) is 3.07. The molecule has 0 spiro atoms. The highest BCUT2D eigenvalue weighted by Crippen LogP contribution is 2.28. The molecule has 3 aromatic rings. The van der Waals surface area contributed by atoms with Crippen molar-refractivity contribution in [1.29, 1.82) is 5.26 Å². The second-order valence-electron chi connectivity index (χ2n) is 5.40. The monoisotopic (exact) mass is 426 g/mol. The number of hydrogen-bond acceptors (Lipinski definition) is 8. The van der Waals surface area contributed by atoms with Gasteiger partial charge in [0.05, 0.1) is 16.3 Å². The molecular weight excluding hydrogens is 415 g/mol. The van der Waals surface area contributed by atoms with Gasteiger partial charge in [-0.25, -0.2) is 0 Å². The zero-order chi connectivity index (χ0) is 19.9. The normalized spacial score (nSPS) is 11.4. The summed E-state index contributed by atoms with van der Waals surface area (Å²) in [7, 11) is -2.69. The largest absolute Gasteiger partial charge is 0.367 e. The topological polar surface area (TPSA) is 145 Å². The van der Waals surface area contributed by atoms with Crippen LogP contribution in [0.4, 0.5) is 17.6 Å². The third-order valence-corrected chi connectivity index (χ3v) is 6.12. The third kappa shape index (κ3) is 3.30. The van der Waals surface area contributed by atoms with Gasteiger partial charge in [-0.05, 0) is 25.1 Å². The van der Waals surface area contributed by atoms with Gasteiger partial charge in [0, 0.05) is 12.7 Å². The van der Waals surface area contributed by atoms with E-state index in [1.54, 1.807) is 6.07 Å². The number of nitrogens with one attached hydrogen (secondary N) is 1.